The van der Waals surface area contributed by atoms with Gasteiger partial charge in [0.2, 0.25) is 0 Å². The highest BCUT2D eigenvalue weighted by Crippen LogP contribution is 2.24. The number of hydrogen-bond acceptors (Lipinski definition) is 3. The molecule has 0 saturated heterocycles. The van der Waals surface area contributed by atoms with Crippen molar-refractivity contribution in [2.24, 2.45) is 0 Å². The summed E-state index contributed by atoms with van der Waals surface area (Å²) in [6.07, 6.45) is 0. The maximum absolute atomic E-state index is 10.1. The second kappa shape index (κ2) is 4.93. The van der Waals surface area contributed by atoms with Gasteiger partial charge in [0, 0.05) is 15.6 Å². The van der Waals surface area contributed by atoms with Crippen LogP contribution in [0.5, 0.6) is 0 Å². The topological polar surface area (TPSA) is 49.4 Å². The van der Waals surface area contributed by atoms with E-state index in [-0.39, 0.29) is 6.61 Å². The van der Waals surface area contributed by atoms with Gasteiger partial charge < -0.3 is 4.55 Å². The van der Waals surface area contributed by atoms with Crippen molar-refractivity contribution >= 4 is 34.6 Å². The zero-order chi connectivity index (χ0) is 9.84. The Morgan fingerprint density at radius 2 is 1.92 bits per heavy atom. The van der Waals surface area contributed by atoms with E-state index in [4.69, 9.17) is 23.2 Å². The Kier molecular flexibility index (Phi) is 4.15. The van der Waals surface area contributed by atoms with Crippen LogP contribution in [0.25, 0.3) is 0 Å². The van der Waals surface area contributed by atoms with Crippen LogP contribution in [0.15, 0.2) is 18.2 Å². The molecule has 0 bridgehead atoms. The Morgan fingerprint density at radius 1 is 1.38 bits per heavy atom. The largest absolute Gasteiger partial charge is 0.750 e. The molecular formula is C7H5Cl2O3S-. The van der Waals surface area contributed by atoms with Crippen LogP contribution in [0.1, 0.15) is 5.56 Å². The summed E-state index contributed by atoms with van der Waals surface area (Å²) >= 11 is 8.95. The minimum atomic E-state index is -2.55. The van der Waals surface area contributed by atoms with E-state index in [2.05, 4.69) is 4.18 Å². The molecular weight excluding hydrogens is 235 g/mol. The fraction of sp³-hybridized carbons (Fsp3) is 0.143. The monoisotopic (exact) mass is 239 g/mol. The SMILES string of the molecule is O=S([O-])OCc1c(Cl)cccc1Cl. The van der Waals surface area contributed by atoms with E-state index in [0.717, 1.165) is 0 Å². The maximum Gasteiger partial charge on any atom is 0.0908 e. The molecule has 6 heteroatoms. The molecule has 1 aromatic carbocycles. The van der Waals surface area contributed by atoms with Crippen molar-refractivity contribution in [3.05, 3.63) is 33.8 Å². The molecule has 0 fully saturated rings. The van der Waals surface area contributed by atoms with Gasteiger partial charge in [-0.2, -0.15) is 0 Å². The molecule has 1 atom stereocenters. The van der Waals surface area contributed by atoms with Crippen LogP contribution in [-0.4, -0.2) is 8.76 Å². The molecule has 0 N–H and O–H groups in total. The Balaban J connectivity index is 2.81. The van der Waals surface area contributed by atoms with E-state index >= 15 is 0 Å². The fourth-order valence-electron chi connectivity index (χ4n) is 0.777. The van der Waals surface area contributed by atoms with Crippen molar-refractivity contribution in [1.82, 2.24) is 0 Å². The summed E-state index contributed by atoms with van der Waals surface area (Å²) in [5.41, 5.74) is 0.468. The van der Waals surface area contributed by atoms with E-state index in [9.17, 15) is 8.76 Å². The summed E-state index contributed by atoms with van der Waals surface area (Å²) in [4.78, 5) is 0. The van der Waals surface area contributed by atoms with Gasteiger partial charge in [-0.1, -0.05) is 29.3 Å². The van der Waals surface area contributed by atoms with Gasteiger partial charge in [0.15, 0.2) is 0 Å². The highest BCUT2D eigenvalue weighted by molar-refractivity contribution is 7.74. The number of halogens is 2. The lowest BCUT2D eigenvalue weighted by molar-refractivity contribution is 0.291. The maximum atomic E-state index is 10.1. The third-order valence-electron chi connectivity index (χ3n) is 1.36. The van der Waals surface area contributed by atoms with Gasteiger partial charge in [-0.3, -0.25) is 4.18 Å². The van der Waals surface area contributed by atoms with Crippen molar-refractivity contribution in [2.45, 2.75) is 6.61 Å². The van der Waals surface area contributed by atoms with E-state index in [1.54, 1.807) is 18.2 Å². The second-order valence-electron chi connectivity index (χ2n) is 2.17. The lowest BCUT2D eigenvalue weighted by Gasteiger charge is -2.08. The Morgan fingerprint density at radius 3 is 2.38 bits per heavy atom. The molecule has 0 saturated carbocycles. The summed E-state index contributed by atoms with van der Waals surface area (Å²) in [6, 6.07) is 4.89. The summed E-state index contributed by atoms with van der Waals surface area (Å²) in [5.74, 6) is 0. The first kappa shape index (κ1) is 10.9. The third kappa shape index (κ3) is 3.25. The van der Waals surface area contributed by atoms with E-state index in [1.165, 1.54) is 0 Å². The quantitative estimate of drug-likeness (QED) is 0.761. The van der Waals surface area contributed by atoms with Gasteiger partial charge in [-0.15, -0.1) is 0 Å². The first-order valence-electron chi connectivity index (χ1n) is 3.26. The lowest BCUT2D eigenvalue weighted by Crippen LogP contribution is -1.97. The number of benzene rings is 1. The van der Waals surface area contributed by atoms with Gasteiger partial charge in [-0.05, 0) is 12.1 Å². The molecule has 0 aromatic heterocycles. The molecule has 72 valence electrons. The number of rotatable bonds is 3. The lowest BCUT2D eigenvalue weighted by atomic mass is 10.2. The molecule has 0 aliphatic heterocycles. The van der Waals surface area contributed by atoms with Crippen molar-refractivity contribution in [2.75, 3.05) is 0 Å². The predicted octanol–water partition coefficient (Wildman–Crippen LogP) is 2.30. The molecule has 0 aliphatic rings. The average molecular weight is 240 g/mol. The predicted molar refractivity (Wildman–Crippen MR) is 50.2 cm³/mol. The molecule has 0 radical (unpaired) electrons. The summed E-state index contributed by atoms with van der Waals surface area (Å²) in [5, 5.41) is 0.774. The number of hydrogen-bond donors (Lipinski definition) is 0. The van der Waals surface area contributed by atoms with Crippen LogP contribution in [0.3, 0.4) is 0 Å². The molecule has 1 aromatic rings. The van der Waals surface area contributed by atoms with Gasteiger partial charge in [0.05, 0.1) is 18.0 Å². The summed E-state index contributed by atoms with van der Waals surface area (Å²) < 4.78 is 24.5. The van der Waals surface area contributed by atoms with E-state index < -0.39 is 11.4 Å². The van der Waals surface area contributed by atoms with Gasteiger partial charge in [0.1, 0.15) is 0 Å². The zero-order valence-corrected chi connectivity index (χ0v) is 8.66. The van der Waals surface area contributed by atoms with Crippen LogP contribution >= 0.6 is 23.2 Å². The average Bonchev–Trinajstić information content (AvgIpc) is 2.03. The van der Waals surface area contributed by atoms with Crippen molar-refractivity contribution in [3.8, 4) is 0 Å². The standard InChI is InChI=1S/C7H6Cl2O3S/c8-6-2-1-3-7(9)5(6)4-12-13(10)11/h1-3H,4H2,(H,10,11)/p-1. The third-order valence-corrected chi connectivity index (χ3v) is 2.38. The van der Waals surface area contributed by atoms with Crippen molar-refractivity contribution in [3.63, 3.8) is 0 Å². The van der Waals surface area contributed by atoms with Crippen LogP contribution in [0.4, 0.5) is 0 Å². The second-order valence-corrected chi connectivity index (χ2v) is 3.62. The first-order valence-corrected chi connectivity index (χ1v) is 5.02. The highest BCUT2D eigenvalue weighted by atomic mass is 35.5. The van der Waals surface area contributed by atoms with Crippen molar-refractivity contribution in [1.29, 1.82) is 0 Å². The normalized spacial score (nSPS) is 12.8. The first-order chi connectivity index (χ1) is 6.11. The van der Waals surface area contributed by atoms with Crippen LogP contribution in [0.2, 0.25) is 10.0 Å². The molecule has 0 aliphatic carbocycles. The molecule has 0 spiro atoms. The highest BCUT2D eigenvalue weighted by Gasteiger charge is 2.04. The van der Waals surface area contributed by atoms with Crippen molar-refractivity contribution < 1.29 is 12.9 Å². The molecule has 0 heterocycles. The summed E-state index contributed by atoms with van der Waals surface area (Å²) in [7, 11) is 0. The van der Waals surface area contributed by atoms with Crippen LogP contribution in [-0.2, 0) is 22.2 Å². The minimum Gasteiger partial charge on any atom is -0.750 e. The van der Waals surface area contributed by atoms with Gasteiger partial charge in [-0.25, -0.2) is 4.21 Å². The van der Waals surface area contributed by atoms with Crippen LogP contribution < -0.4 is 0 Å². The molecule has 0 amide bonds. The smallest absolute Gasteiger partial charge is 0.0908 e. The van der Waals surface area contributed by atoms with Gasteiger partial charge >= 0.3 is 0 Å². The van der Waals surface area contributed by atoms with Crippen LogP contribution in [0, 0.1) is 0 Å². The minimum absolute atomic E-state index is 0.144. The molecule has 1 unspecified atom stereocenters. The molecule has 13 heavy (non-hydrogen) atoms. The Bertz CT molecular complexity index is 309. The summed E-state index contributed by atoms with van der Waals surface area (Å²) in [6.45, 7) is -0.144. The molecule has 1 rings (SSSR count). The van der Waals surface area contributed by atoms with Gasteiger partial charge in [0.25, 0.3) is 0 Å². The van der Waals surface area contributed by atoms with E-state index in [1.807, 2.05) is 0 Å². The molecule has 3 nitrogen and oxygen atoms in total. The Hall–Kier alpha value is -0.130. The Labute approximate surface area is 88.1 Å². The fourth-order valence-corrected chi connectivity index (χ4v) is 1.50. The zero-order valence-electron chi connectivity index (χ0n) is 6.33. The van der Waals surface area contributed by atoms with E-state index in [0.29, 0.717) is 15.6 Å².